The number of ether oxygens (including phenoxy) is 4. The zero-order valence-electron chi connectivity index (χ0n) is 13.1. The first-order chi connectivity index (χ1) is 11.2. The molecule has 132 valence electrons. The lowest BCUT2D eigenvalue weighted by Crippen LogP contribution is -2.63. The largest absolute Gasteiger partial charge is 0.455 e. The van der Waals surface area contributed by atoms with Crippen LogP contribution in [-0.2, 0) is 38.1 Å². The summed E-state index contributed by atoms with van der Waals surface area (Å²) in [7, 11) is 0. The van der Waals surface area contributed by atoms with Crippen LogP contribution in [0.4, 0.5) is 0 Å². The number of carbonyl (C=O) groups excluding carboxylic acids is 4. The van der Waals surface area contributed by atoms with Crippen molar-refractivity contribution in [1.82, 2.24) is 0 Å². The Bertz CT molecular complexity index is 560. The minimum atomic E-state index is -1.58. The van der Waals surface area contributed by atoms with Crippen molar-refractivity contribution in [1.29, 1.82) is 0 Å². The van der Waals surface area contributed by atoms with Crippen LogP contribution in [0.2, 0.25) is 0 Å². The fourth-order valence-electron chi connectivity index (χ4n) is 2.16. The topological polar surface area (TPSA) is 180 Å². The molecule has 1 saturated heterocycles. The third kappa shape index (κ3) is 4.83. The average molecular weight is 344 g/mol. The summed E-state index contributed by atoms with van der Waals surface area (Å²) in [6, 6.07) is 0. The Hall–Kier alpha value is -2.85. The normalized spacial score (nSPS) is 28.9. The highest BCUT2D eigenvalue weighted by Crippen LogP contribution is 2.29. The van der Waals surface area contributed by atoms with Crippen LogP contribution in [0.3, 0.4) is 0 Å². The smallest absolute Gasteiger partial charge is 0.303 e. The van der Waals surface area contributed by atoms with Crippen molar-refractivity contribution in [2.24, 2.45) is 10.8 Å². The summed E-state index contributed by atoms with van der Waals surface area (Å²) in [5, 5.41) is 3.26. The van der Waals surface area contributed by atoms with Crippen molar-refractivity contribution in [3.63, 3.8) is 0 Å². The molecular formula is C12H16N4O8. The molecule has 1 rings (SSSR count). The lowest BCUT2D eigenvalue weighted by Gasteiger charge is -2.42. The van der Waals surface area contributed by atoms with Crippen molar-refractivity contribution >= 4 is 23.8 Å². The van der Waals surface area contributed by atoms with Crippen LogP contribution in [-0.4, -0.2) is 54.5 Å². The maximum atomic E-state index is 11.6. The third-order valence-electron chi connectivity index (χ3n) is 2.87. The van der Waals surface area contributed by atoms with E-state index in [9.17, 15) is 19.2 Å². The molecule has 0 saturated carbocycles. The van der Waals surface area contributed by atoms with Gasteiger partial charge < -0.3 is 24.7 Å². The molecule has 2 N–H and O–H groups in total. The van der Waals surface area contributed by atoms with Gasteiger partial charge in [-0.25, -0.2) is 0 Å². The second-order valence-corrected chi connectivity index (χ2v) is 4.78. The number of nitrogens with zero attached hydrogens (tertiary/aromatic N) is 3. The van der Waals surface area contributed by atoms with Gasteiger partial charge in [-0.3, -0.25) is 19.2 Å². The van der Waals surface area contributed by atoms with E-state index in [0.29, 0.717) is 0 Å². The molecule has 1 aliphatic rings. The SMILES string of the molecule is CC(=O)O[C@@H]1[C@@H](OC(C)=O)[C@H](N=[N+]=[N-])O[C@H](C(N)=O)[C@H]1OC(C)=O. The van der Waals surface area contributed by atoms with E-state index >= 15 is 0 Å². The quantitative estimate of drug-likeness (QED) is 0.223. The Morgan fingerprint density at radius 1 is 0.958 bits per heavy atom. The summed E-state index contributed by atoms with van der Waals surface area (Å²) in [4.78, 5) is 48.0. The van der Waals surface area contributed by atoms with Crippen molar-refractivity contribution < 1.29 is 38.1 Å². The number of nitrogens with two attached hydrogens (primary N) is 1. The van der Waals surface area contributed by atoms with Crippen molar-refractivity contribution in [3.8, 4) is 0 Å². The highest BCUT2D eigenvalue weighted by molar-refractivity contribution is 5.80. The van der Waals surface area contributed by atoms with Crippen LogP contribution in [0, 0.1) is 0 Å². The molecule has 0 aromatic heterocycles. The Balaban J connectivity index is 3.35. The van der Waals surface area contributed by atoms with Crippen molar-refractivity contribution in [3.05, 3.63) is 10.4 Å². The van der Waals surface area contributed by atoms with E-state index in [-0.39, 0.29) is 0 Å². The molecule has 0 aromatic rings. The first-order valence-electron chi connectivity index (χ1n) is 6.68. The van der Waals surface area contributed by atoms with E-state index in [1.54, 1.807) is 0 Å². The van der Waals surface area contributed by atoms with Gasteiger partial charge >= 0.3 is 17.9 Å². The third-order valence-corrected chi connectivity index (χ3v) is 2.87. The highest BCUT2D eigenvalue weighted by atomic mass is 16.7. The number of azide groups is 1. The van der Waals surface area contributed by atoms with Crippen LogP contribution in [0.25, 0.3) is 10.4 Å². The van der Waals surface area contributed by atoms with E-state index < -0.39 is 54.5 Å². The lowest BCUT2D eigenvalue weighted by atomic mass is 9.96. The van der Waals surface area contributed by atoms with E-state index in [1.165, 1.54) is 0 Å². The van der Waals surface area contributed by atoms with Gasteiger partial charge in [-0.2, -0.15) is 0 Å². The van der Waals surface area contributed by atoms with Crippen molar-refractivity contribution in [2.75, 3.05) is 0 Å². The molecule has 1 heterocycles. The molecule has 0 radical (unpaired) electrons. The predicted molar refractivity (Wildman–Crippen MR) is 73.7 cm³/mol. The van der Waals surface area contributed by atoms with Crippen molar-refractivity contribution in [2.45, 2.75) is 51.4 Å². The molecule has 0 spiro atoms. The molecule has 1 fully saturated rings. The monoisotopic (exact) mass is 344 g/mol. The first kappa shape index (κ1) is 19.2. The fourth-order valence-corrected chi connectivity index (χ4v) is 2.16. The van der Waals surface area contributed by atoms with Crippen LogP contribution in [0.1, 0.15) is 20.8 Å². The molecule has 0 aromatic carbocycles. The number of primary amides is 1. The lowest BCUT2D eigenvalue weighted by molar-refractivity contribution is -0.241. The van der Waals surface area contributed by atoms with E-state index in [2.05, 4.69) is 10.0 Å². The summed E-state index contributed by atoms with van der Waals surface area (Å²) in [5.41, 5.74) is 13.8. The first-order valence-corrected chi connectivity index (χ1v) is 6.68. The molecule has 12 nitrogen and oxygen atoms in total. The number of rotatable bonds is 5. The number of hydrogen-bond donors (Lipinski definition) is 1. The van der Waals surface area contributed by atoms with E-state index in [4.69, 9.17) is 30.2 Å². The Morgan fingerprint density at radius 2 is 1.42 bits per heavy atom. The van der Waals surface area contributed by atoms with Gasteiger partial charge in [-0.15, -0.1) is 0 Å². The number of hydrogen-bond acceptors (Lipinski definition) is 9. The van der Waals surface area contributed by atoms with Gasteiger partial charge in [0.2, 0.25) is 0 Å². The number of carbonyl (C=O) groups is 4. The standard InChI is InChI=1S/C12H16N4O8/c1-4(17)21-7-8(22-5(2)18)10(23-6(3)19)12(15-16-14)24-9(7)11(13)20/h7-10,12H,1-3H3,(H2,13,20)/t7-,8-,9-,10+,12+/m0/s1. The zero-order chi connectivity index (χ0) is 18.4. The van der Waals surface area contributed by atoms with Gasteiger partial charge in [0.25, 0.3) is 5.91 Å². The summed E-state index contributed by atoms with van der Waals surface area (Å²) < 4.78 is 20.1. The second kappa shape index (κ2) is 8.13. The number of esters is 3. The molecule has 24 heavy (non-hydrogen) atoms. The van der Waals surface area contributed by atoms with Gasteiger partial charge in [-0.1, -0.05) is 5.11 Å². The summed E-state index contributed by atoms with van der Waals surface area (Å²) >= 11 is 0. The molecule has 0 unspecified atom stereocenters. The Labute approximate surface area is 135 Å². The fraction of sp³-hybridized carbons (Fsp3) is 0.667. The highest BCUT2D eigenvalue weighted by Gasteiger charge is 2.53. The molecule has 0 bridgehead atoms. The van der Waals surface area contributed by atoms with Crippen LogP contribution in [0.15, 0.2) is 5.11 Å². The molecule has 1 aliphatic heterocycles. The summed E-state index contributed by atoms with van der Waals surface area (Å²) in [6.45, 7) is 3.15. The minimum absolute atomic E-state index is 0.807. The molecular weight excluding hydrogens is 328 g/mol. The maximum Gasteiger partial charge on any atom is 0.303 e. The Kier molecular flexibility index (Phi) is 6.50. The molecule has 5 atom stereocenters. The average Bonchev–Trinajstić information content (AvgIpc) is 2.43. The molecule has 12 heteroatoms. The van der Waals surface area contributed by atoms with Gasteiger partial charge in [0.05, 0.1) is 0 Å². The summed E-state index contributed by atoms with van der Waals surface area (Å²) in [5.74, 6) is -3.51. The van der Waals surface area contributed by atoms with Crippen LogP contribution >= 0.6 is 0 Å². The van der Waals surface area contributed by atoms with Crippen LogP contribution < -0.4 is 5.73 Å². The Morgan fingerprint density at radius 3 is 1.83 bits per heavy atom. The summed E-state index contributed by atoms with van der Waals surface area (Å²) in [6.07, 6.45) is -7.49. The molecule has 1 amide bonds. The maximum absolute atomic E-state index is 11.6. The predicted octanol–water partition coefficient (Wildman–Crippen LogP) is -0.698. The second-order valence-electron chi connectivity index (χ2n) is 4.78. The van der Waals surface area contributed by atoms with Gasteiger partial charge in [0.15, 0.2) is 30.6 Å². The number of amides is 1. The van der Waals surface area contributed by atoms with Gasteiger partial charge in [0.1, 0.15) is 0 Å². The van der Waals surface area contributed by atoms with E-state index in [0.717, 1.165) is 20.8 Å². The van der Waals surface area contributed by atoms with Crippen LogP contribution in [0.5, 0.6) is 0 Å². The van der Waals surface area contributed by atoms with Gasteiger partial charge in [-0.05, 0) is 5.53 Å². The van der Waals surface area contributed by atoms with E-state index in [1.807, 2.05) is 0 Å². The zero-order valence-corrected chi connectivity index (χ0v) is 13.1. The molecule has 0 aliphatic carbocycles. The minimum Gasteiger partial charge on any atom is -0.455 e. The van der Waals surface area contributed by atoms with Gasteiger partial charge in [0, 0.05) is 25.7 Å².